The number of aromatic nitrogens is 2. The van der Waals surface area contributed by atoms with Crippen molar-refractivity contribution in [3.63, 3.8) is 0 Å². The third kappa shape index (κ3) is 6.51. The van der Waals surface area contributed by atoms with Crippen molar-refractivity contribution in [2.24, 2.45) is 0 Å². The summed E-state index contributed by atoms with van der Waals surface area (Å²) >= 11 is 0. The van der Waals surface area contributed by atoms with Gasteiger partial charge in [-0.25, -0.2) is 0 Å². The molecule has 0 saturated carbocycles. The zero-order valence-corrected chi connectivity index (χ0v) is 17.4. The summed E-state index contributed by atoms with van der Waals surface area (Å²) in [7, 11) is 1.64. The molecule has 2 aromatic carbocycles. The Hall–Kier alpha value is -3.54. The minimum Gasteiger partial charge on any atom is -0.496 e. The van der Waals surface area contributed by atoms with Crippen molar-refractivity contribution in [1.82, 2.24) is 15.1 Å². The molecule has 0 aliphatic heterocycles. The SMILES string of the molecule is COc1ccc(/C=C/C(=O)NCCCn2cccn2)cc1COc1cccc(C)c1. The Morgan fingerprint density at radius 1 is 1.20 bits per heavy atom. The van der Waals surface area contributed by atoms with E-state index in [9.17, 15) is 4.79 Å². The Bertz CT molecular complexity index is 981. The maximum atomic E-state index is 12.1. The fraction of sp³-hybridized carbons (Fsp3) is 0.250. The minimum absolute atomic E-state index is 0.121. The maximum absolute atomic E-state index is 12.1. The lowest BCUT2D eigenvalue weighted by molar-refractivity contribution is -0.116. The number of carbonyl (C=O) groups is 1. The third-order valence-corrected chi connectivity index (χ3v) is 4.54. The van der Waals surface area contributed by atoms with Gasteiger partial charge in [0.25, 0.3) is 0 Å². The fourth-order valence-corrected chi connectivity index (χ4v) is 3.00. The Labute approximate surface area is 177 Å². The van der Waals surface area contributed by atoms with Crippen molar-refractivity contribution in [3.8, 4) is 11.5 Å². The highest BCUT2D eigenvalue weighted by Gasteiger charge is 2.06. The van der Waals surface area contributed by atoms with Gasteiger partial charge in [-0.05, 0) is 60.9 Å². The maximum Gasteiger partial charge on any atom is 0.244 e. The first-order valence-electron chi connectivity index (χ1n) is 9.94. The largest absolute Gasteiger partial charge is 0.496 e. The molecule has 3 rings (SSSR count). The Morgan fingerprint density at radius 3 is 2.87 bits per heavy atom. The lowest BCUT2D eigenvalue weighted by Gasteiger charge is -2.11. The van der Waals surface area contributed by atoms with Crippen molar-refractivity contribution in [1.29, 1.82) is 0 Å². The molecule has 1 aromatic heterocycles. The molecule has 0 fully saturated rings. The first kappa shape index (κ1) is 21.2. The van der Waals surface area contributed by atoms with E-state index in [1.807, 2.05) is 66.3 Å². The van der Waals surface area contributed by atoms with Gasteiger partial charge in [0.15, 0.2) is 0 Å². The summed E-state index contributed by atoms with van der Waals surface area (Å²) in [6, 6.07) is 15.6. The first-order valence-corrected chi connectivity index (χ1v) is 9.94. The second kappa shape index (κ2) is 10.9. The van der Waals surface area contributed by atoms with Gasteiger partial charge in [-0.1, -0.05) is 18.2 Å². The van der Waals surface area contributed by atoms with Gasteiger partial charge in [0, 0.05) is 37.1 Å². The fourth-order valence-electron chi connectivity index (χ4n) is 3.00. The van der Waals surface area contributed by atoms with Crippen LogP contribution in [0.1, 0.15) is 23.1 Å². The number of methoxy groups -OCH3 is 1. The van der Waals surface area contributed by atoms with Crippen LogP contribution in [0.2, 0.25) is 0 Å². The highest BCUT2D eigenvalue weighted by molar-refractivity contribution is 5.91. The molecule has 0 aliphatic carbocycles. The van der Waals surface area contributed by atoms with Crippen LogP contribution in [0.4, 0.5) is 0 Å². The van der Waals surface area contributed by atoms with E-state index in [4.69, 9.17) is 9.47 Å². The smallest absolute Gasteiger partial charge is 0.244 e. The number of hydrogen-bond acceptors (Lipinski definition) is 4. The van der Waals surface area contributed by atoms with Crippen molar-refractivity contribution in [2.75, 3.05) is 13.7 Å². The zero-order chi connectivity index (χ0) is 21.2. The molecule has 0 bridgehead atoms. The van der Waals surface area contributed by atoms with E-state index >= 15 is 0 Å². The first-order chi connectivity index (χ1) is 14.6. The second-order valence-corrected chi connectivity index (χ2v) is 6.92. The molecule has 1 heterocycles. The van der Waals surface area contributed by atoms with Crippen molar-refractivity contribution in [2.45, 2.75) is 26.5 Å². The summed E-state index contributed by atoms with van der Waals surface area (Å²) in [6.07, 6.45) is 7.81. The lowest BCUT2D eigenvalue weighted by atomic mass is 10.1. The molecule has 1 N–H and O–H groups in total. The second-order valence-electron chi connectivity index (χ2n) is 6.92. The predicted octanol–water partition coefficient (Wildman–Crippen LogP) is 4.00. The predicted molar refractivity (Wildman–Crippen MR) is 117 cm³/mol. The van der Waals surface area contributed by atoms with Gasteiger partial charge in [-0.15, -0.1) is 0 Å². The van der Waals surface area contributed by atoms with Crippen LogP contribution in [-0.4, -0.2) is 29.3 Å². The average Bonchev–Trinajstić information content (AvgIpc) is 3.27. The number of carbonyl (C=O) groups excluding carboxylic acids is 1. The van der Waals surface area contributed by atoms with Gasteiger partial charge in [0.2, 0.25) is 5.91 Å². The Kier molecular flexibility index (Phi) is 7.66. The van der Waals surface area contributed by atoms with Gasteiger partial charge >= 0.3 is 0 Å². The molecule has 0 aliphatic rings. The Balaban J connectivity index is 1.53. The third-order valence-electron chi connectivity index (χ3n) is 4.54. The highest BCUT2D eigenvalue weighted by Crippen LogP contribution is 2.23. The van der Waals surface area contributed by atoms with Gasteiger partial charge in [-0.3, -0.25) is 9.48 Å². The molecule has 0 saturated heterocycles. The van der Waals surface area contributed by atoms with Crippen LogP contribution in [0.15, 0.2) is 67.0 Å². The van der Waals surface area contributed by atoms with E-state index in [-0.39, 0.29) is 5.91 Å². The molecular weight excluding hydrogens is 378 g/mol. The van der Waals surface area contributed by atoms with E-state index in [2.05, 4.69) is 10.4 Å². The molecule has 6 heteroatoms. The summed E-state index contributed by atoms with van der Waals surface area (Å²) < 4.78 is 13.2. The number of aryl methyl sites for hydroxylation is 2. The molecule has 156 valence electrons. The minimum atomic E-state index is -0.121. The van der Waals surface area contributed by atoms with E-state index in [1.165, 1.54) is 0 Å². The molecule has 0 radical (unpaired) electrons. The van der Waals surface area contributed by atoms with Crippen molar-refractivity contribution in [3.05, 3.63) is 83.7 Å². The van der Waals surface area contributed by atoms with E-state index in [1.54, 1.807) is 25.5 Å². The molecular formula is C24H27N3O3. The molecule has 0 unspecified atom stereocenters. The number of nitrogens with one attached hydrogen (secondary N) is 1. The number of benzene rings is 2. The molecule has 30 heavy (non-hydrogen) atoms. The molecule has 0 spiro atoms. The van der Waals surface area contributed by atoms with Crippen LogP contribution in [0.3, 0.4) is 0 Å². The summed E-state index contributed by atoms with van der Waals surface area (Å²) in [6.45, 7) is 3.79. The van der Waals surface area contributed by atoms with Crippen LogP contribution in [0.5, 0.6) is 11.5 Å². The number of hydrogen-bond donors (Lipinski definition) is 1. The van der Waals surface area contributed by atoms with Crippen molar-refractivity contribution < 1.29 is 14.3 Å². The molecule has 0 atom stereocenters. The quantitative estimate of drug-likeness (QED) is 0.409. The van der Waals surface area contributed by atoms with Crippen LogP contribution in [0.25, 0.3) is 6.08 Å². The zero-order valence-electron chi connectivity index (χ0n) is 17.4. The summed E-state index contributed by atoms with van der Waals surface area (Å²) in [5, 5.41) is 7.03. The van der Waals surface area contributed by atoms with E-state index in [0.29, 0.717) is 13.2 Å². The Morgan fingerprint density at radius 2 is 2.10 bits per heavy atom. The average molecular weight is 405 g/mol. The lowest BCUT2D eigenvalue weighted by Crippen LogP contribution is -2.23. The summed E-state index contributed by atoms with van der Waals surface area (Å²) in [5.41, 5.74) is 2.97. The van der Waals surface area contributed by atoms with Crippen LogP contribution < -0.4 is 14.8 Å². The number of amides is 1. The van der Waals surface area contributed by atoms with E-state index < -0.39 is 0 Å². The van der Waals surface area contributed by atoms with Crippen molar-refractivity contribution >= 4 is 12.0 Å². The summed E-state index contributed by atoms with van der Waals surface area (Å²) in [5.74, 6) is 1.44. The van der Waals surface area contributed by atoms with Gasteiger partial charge in [0.1, 0.15) is 18.1 Å². The number of rotatable bonds is 10. The summed E-state index contributed by atoms with van der Waals surface area (Å²) in [4.78, 5) is 12.1. The van der Waals surface area contributed by atoms with Crippen LogP contribution >= 0.6 is 0 Å². The van der Waals surface area contributed by atoms with Gasteiger partial charge < -0.3 is 14.8 Å². The topological polar surface area (TPSA) is 65.4 Å². The number of nitrogens with zero attached hydrogens (tertiary/aromatic N) is 2. The molecule has 1 amide bonds. The van der Waals surface area contributed by atoms with Gasteiger partial charge in [0.05, 0.1) is 7.11 Å². The van der Waals surface area contributed by atoms with Gasteiger partial charge in [-0.2, -0.15) is 5.10 Å². The van der Waals surface area contributed by atoms with E-state index in [0.717, 1.165) is 41.2 Å². The monoisotopic (exact) mass is 405 g/mol. The number of ether oxygens (including phenoxy) is 2. The highest BCUT2D eigenvalue weighted by atomic mass is 16.5. The molecule has 3 aromatic rings. The van der Waals surface area contributed by atoms with Crippen LogP contribution in [0, 0.1) is 6.92 Å². The van der Waals surface area contributed by atoms with Crippen LogP contribution in [-0.2, 0) is 17.9 Å². The molecule has 6 nitrogen and oxygen atoms in total. The normalized spacial score (nSPS) is 10.9. The standard InChI is InChI=1S/C24H27N3O3/c1-19-6-3-7-22(16-19)30-18-21-17-20(8-10-23(21)29-2)9-11-24(28)25-12-4-14-27-15-5-13-26-27/h3,5-11,13,15-17H,4,12,14,18H2,1-2H3,(H,25,28)/b11-9+.